The second-order valence-electron chi connectivity index (χ2n) is 11.4. The average Bonchev–Trinajstić information content (AvgIpc) is 2.84. The Morgan fingerprint density at radius 2 is 0.711 bits per heavy atom. The minimum Gasteiger partial charge on any atom is -0.392 e. The van der Waals surface area contributed by atoms with E-state index in [1.165, 1.54) is 0 Å². The molecule has 3 rings (SSSR count). The predicted octanol–water partition coefficient (Wildman–Crippen LogP) is -2.57. The van der Waals surface area contributed by atoms with Gasteiger partial charge in [0.15, 0.2) is 0 Å². The van der Waals surface area contributed by atoms with Crippen LogP contribution in [-0.4, -0.2) is 196 Å². The maximum absolute atomic E-state index is 10.2. The van der Waals surface area contributed by atoms with Gasteiger partial charge in [0.1, 0.15) is 0 Å². The van der Waals surface area contributed by atoms with Crippen molar-refractivity contribution in [2.75, 3.05) is 137 Å². The molecule has 0 aliphatic carbocycles. The number of nitrogens with zero attached hydrogens (tertiary/aromatic N) is 5. The van der Waals surface area contributed by atoms with Gasteiger partial charge < -0.3 is 31.3 Å². The Labute approximate surface area is 232 Å². The molecular weight excluding hydrogens is 484 g/mol. The molecule has 3 fully saturated rings. The molecule has 3 saturated heterocycles. The van der Waals surface area contributed by atoms with Crippen molar-refractivity contribution < 1.29 is 15.3 Å². The first-order chi connectivity index (χ1) is 18.3. The number of hydrogen-bond acceptors (Lipinski definition) is 11. The molecule has 3 aliphatic heterocycles. The predicted molar refractivity (Wildman–Crippen MR) is 156 cm³/mol. The van der Waals surface area contributed by atoms with Crippen LogP contribution in [0.2, 0.25) is 0 Å². The summed E-state index contributed by atoms with van der Waals surface area (Å²) in [4.78, 5) is 12.2. The fourth-order valence-corrected chi connectivity index (χ4v) is 5.31. The zero-order valence-electron chi connectivity index (χ0n) is 24.7. The van der Waals surface area contributed by atoms with Gasteiger partial charge in [-0.3, -0.25) is 24.5 Å². The molecule has 3 heterocycles. The fourth-order valence-electron chi connectivity index (χ4n) is 5.31. The second kappa shape index (κ2) is 20.4. The summed E-state index contributed by atoms with van der Waals surface area (Å²) >= 11 is 0. The van der Waals surface area contributed by atoms with Crippen LogP contribution in [0.4, 0.5) is 0 Å². The summed E-state index contributed by atoms with van der Waals surface area (Å²) in [7, 11) is 0. The SMILES string of the molecule is CC(O)CN1CCNCCN2CCNCCNCCN(CC1)CCN(CC(C)O)CCN(CC(C)O)CC2. The summed E-state index contributed by atoms with van der Waals surface area (Å²) in [5, 5.41) is 41.3. The van der Waals surface area contributed by atoms with Crippen LogP contribution in [0.5, 0.6) is 0 Å². The summed E-state index contributed by atoms with van der Waals surface area (Å²) in [6, 6.07) is 0. The molecule has 5 atom stereocenters. The maximum Gasteiger partial charge on any atom is 0.0639 e. The van der Waals surface area contributed by atoms with E-state index in [9.17, 15) is 15.3 Å². The van der Waals surface area contributed by atoms with Crippen LogP contribution in [0.15, 0.2) is 0 Å². The Bertz CT molecular complexity index is 572. The summed E-state index contributed by atoms with van der Waals surface area (Å²) in [6.07, 6.45) is -1.07. The topological polar surface area (TPSA) is 113 Å². The maximum atomic E-state index is 10.2. The first kappa shape index (κ1) is 33.8. The summed E-state index contributed by atoms with van der Waals surface area (Å²) in [5.74, 6) is 0. The monoisotopic (exact) mass is 544 g/mol. The van der Waals surface area contributed by atoms with E-state index in [4.69, 9.17) is 0 Å². The third-order valence-corrected chi connectivity index (χ3v) is 7.39. The van der Waals surface area contributed by atoms with E-state index in [-0.39, 0.29) is 18.3 Å². The van der Waals surface area contributed by atoms with Crippen molar-refractivity contribution in [1.82, 2.24) is 40.4 Å². The van der Waals surface area contributed by atoms with E-state index >= 15 is 0 Å². The van der Waals surface area contributed by atoms with Crippen LogP contribution >= 0.6 is 0 Å². The third-order valence-electron chi connectivity index (χ3n) is 7.39. The standard InChI is InChI=1S/C27H60N8O3/c1-25(36)22-33-13-9-30-8-11-31-10-6-28-4-5-29-7-12-32(15-17-33)16-19-35(24-27(3)38)21-20-34(18-14-31)23-26(2)37/h25-30,36-38H,4-24H2,1-3H3. The Balaban J connectivity index is 2.21. The van der Waals surface area contributed by atoms with E-state index in [1.807, 2.05) is 20.8 Å². The highest BCUT2D eigenvalue weighted by Gasteiger charge is 2.17. The minimum absolute atomic E-state index is 0.338. The van der Waals surface area contributed by atoms with E-state index in [1.54, 1.807) is 0 Å². The fraction of sp³-hybridized carbons (Fsp3) is 1.00. The molecule has 226 valence electrons. The third kappa shape index (κ3) is 16.6. The van der Waals surface area contributed by atoms with Gasteiger partial charge >= 0.3 is 0 Å². The van der Waals surface area contributed by atoms with E-state index in [0.29, 0.717) is 19.6 Å². The van der Waals surface area contributed by atoms with Crippen molar-refractivity contribution in [1.29, 1.82) is 0 Å². The smallest absolute Gasteiger partial charge is 0.0639 e. The van der Waals surface area contributed by atoms with Crippen LogP contribution < -0.4 is 16.0 Å². The van der Waals surface area contributed by atoms with E-state index in [0.717, 1.165) is 118 Å². The average molecular weight is 545 g/mol. The van der Waals surface area contributed by atoms with Gasteiger partial charge in [-0.2, -0.15) is 0 Å². The van der Waals surface area contributed by atoms with Gasteiger partial charge in [-0.05, 0) is 20.8 Å². The van der Waals surface area contributed by atoms with Crippen molar-refractivity contribution in [3.63, 3.8) is 0 Å². The van der Waals surface area contributed by atoms with Crippen LogP contribution in [-0.2, 0) is 0 Å². The van der Waals surface area contributed by atoms with Gasteiger partial charge in [0, 0.05) is 137 Å². The lowest BCUT2D eigenvalue weighted by Gasteiger charge is -2.34. The Morgan fingerprint density at radius 3 is 1.11 bits per heavy atom. The Hall–Kier alpha value is -0.440. The van der Waals surface area contributed by atoms with Crippen molar-refractivity contribution >= 4 is 0 Å². The number of aliphatic hydroxyl groups excluding tert-OH is 3. The molecule has 11 heteroatoms. The largest absolute Gasteiger partial charge is 0.392 e. The van der Waals surface area contributed by atoms with Crippen molar-refractivity contribution in [2.45, 2.75) is 39.1 Å². The Kier molecular flexibility index (Phi) is 18.2. The first-order valence-corrected chi connectivity index (χ1v) is 15.1. The summed E-state index contributed by atoms with van der Waals surface area (Å²) in [6.45, 7) is 24.6. The van der Waals surface area contributed by atoms with E-state index < -0.39 is 0 Å². The zero-order valence-corrected chi connectivity index (χ0v) is 24.7. The number of hydrogen-bond donors (Lipinski definition) is 6. The van der Waals surface area contributed by atoms with Gasteiger partial charge in [-0.25, -0.2) is 0 Å². The van der Waals surface area contributed by atoms with Gasteiger partial charge in [-0.15, -0.1) is 0 Å². The van der Waals surface area contributed by atoms with E-state index in [2.05, 4.69) is 40.4 Å². The second-order valence-corrected chi connectivity index (χ2v) is 11.4. The molecule has 0 aromatic rings. The number of aliphatic hydroxyl groups is 3. The highest BCUT2D eigenvalue weighted by molar-refractivity contribution is 4.74. The molecule has 5 unspecified atom stereocenters. The molecule has 0 radical (unpaired) electrons. The Morgan fingerprint density at radius 1 is 0.421 bits per heavy atom. The summed E-state index contributed by atoms with van der Waals surface area (Å²) < 4.78 is 0. The van der Waals surface area contributed by atoms with Gasteiger partial charge in [0.2, 0.25) is 0 Å². The molecule has 6 N–H and O–H groups in total. The lowest BCUT2D eigenvalue weighted by atomic mass is 10.3. The normalized spacial score (nSPS) is 28.9. The molecule has 0 spiro atoms. The molecule has 2 bridgehead atoms. The molecule has 0 aromatic carbocycles. The molecule has 0 amide bonds. The van der Waals surface area contributed by atoms with Gasteiger partial charge in [0.05, 0.1) is 18.3 Å². The van der Waals surface area contributed by atoms with Gasteiger partial charge in [0.25, 0.3) is 0 Å². The molecular formula is C27H60N8O3. The number of fused-ring (bicyclic) bond motifs is 21. The quantitative estimate of drug-likeness (QED) is 0.212. The van der Waals surface area contributed by atoms with Gasteiger partial charge in [-0.1, -0.05) is 0 Å². The van der Waals surface area contributed by atoms with Crippen LogP contribution in [0, 0.1) is 0 Å². The lowest BCUT2D eigenvalue weighted by Crippen LogP contribution is -2.49. The first-order valence-electron chi connectivity index (χ1n) is 15.1. The van der Waals surface area contributed by atoms with Crippen LogP contribution in [0.1, 0.15) is 20.8 Å². The van der Waals surface area contributed by atoms with Crippen molar-refractivity contribution in [3.8, 4) is 0 Å². The van der Waals surface area contributed by atoms with Crippen molar-refractivity contribution in [2.24, 2.45) is 0 Å². The van der Waals surface area contributed by atoms with Crippen molar-refractivity contribution in [3.05, 3.63) is 0 Å². The molecule has 38 heavy (non-hydrogen) atoms. The molecule has 0 aromatic heterocycles. The number of rotatable bonds is 6. The summed E-state index contributed by atoms with van der Waals surface area (Å²) in [5.41, 5.74) is 0. The lowest BCUT2D eigenvalue weighted by molar-refractivity contribution is 0.0818. The zero-order chi connectivity index (χ0) is 27.6. The highest BCUT2D eigenvalue weighted by atomic mass is 16.3. The van der Waals surface area contributed by atoms with Crippen LogP contribution in [0.25, 0.3) is 0 Å². The molecule has 3 aliphatic rings. The van der Waals surface area contributed by atoms with Crippen LogP contribution in [0.3, 0.4) is 0 Å². The molecule has 0 saturated carbocycles. The number of nitrogens with one attached hydrogen (secondary N) is 3. The minimum atomic E-state index is -0.372. The highest BCUT2D eigenvalue weighted by Crippen LogP contribution is 2.02. The molecule has 11 nitrogen and oxygen atoms in total.